The van der Waals surface area contributed by atoms with E-state index in [0.29, 0.717) is 48.6 Å². The van der Waals surface area contributed by atoms with E-state index in [1.807, 2.05) is 35.2 Å². The number of hydrogen-bond donors (Lipinski definition) is 1. The summed E-state index contributed by atoms with van der Waals surface area (Å²) in [4.78, 5) is 21.2. The molecule has 0 bridgehead atoms. The van der Waals surface area contributed by atoms with Crippen molar-refractivity contribution in [2.75, 3.05) is 31.1 Å². The number of aromatic nitrogens is 1. The summed E-state index contributed by atoms with van der Waals surface area (Å²) in [7, 11) is 0. The first-order valence-corrected chi connectivity index (χ1v) is 12.7. The summed E-state index contributed by atoms with van der Waals surface area (Å²) in [5.41, 5.74) is 3.23. The molecule has 3 aliphatic heterocycles. The number of nitrogens with zero attached hydrogens (tertiary/aromatic N) is 4. The number of aromatic hydroxyl groups is 1. The lowest BCUT2D eigenvalue weighted by molar-refractivity contribution is -0.136. The second kappa shape index (κ2) is 8.32. The van der Waals surface area contributed by atoms with Crippen molar-refractivity contribution in [2.24, 2.45) is 5.41 Å². The highest BCUT2D eigenvalue weighted by molar-refractivity contribution is 6.02. The third kappa shape index (κ3) is 3.75. The molecule has 0 atom stereocenters. The van der Waals surface area contributed by atoms with Gasteiger partial charge in [0, 0.05) is 54.7 Å². The van der Waals surface area contributed by atoms with Crippen LogP contribution in [-0.4, -0.2) is 52.7 Å². The van der Waals surface area contributed by atoms with Crippen LogP contribution in [0.25, 0.3) is 21.9 Å². The number of likely N-dealkylation sites (tertiary alicyclic amines) is 1. The maximum absolute atomic E-state index is 12.1. The van der Waals surface area contributed by atoms with Crippen LogP contribution in [0.15, 0.2) is 49.1 Å². The minimum atomic E-state index is -0.380. The topological polar surface area (TPSA) is 89.7 Å². The number of anilines is 1. The Morgan fingerprint density at radius 1 is 1.19 bits per heavy atom. The molecule has 2 aromatic carbocycles. The highest BCUT2D eigenvalue weighted by Crippen LogP contribution is 2.47. The first-order valence-electron chi connectivity index (χ1n) is 12.7. The standard InChI is InChI=1S/C30H30N4O3/c1-4-25(36)34-17-30(18-34)11-12-33(16-30)28-21(14-31)26(22-15-37-29(2,3)13-23(22)32-28)27-20-8-6-5-7-19(20)9-10-24(27)35/h4-10,35H,1,11-13,15-18H2,2-3H3. The number of nitriles is 1. The zero-order valence-electron chi connectivity index (χ0n) is 21.3. The summed E-state index contributed by atoms with van der Waals surface area (Å²) in [6.45, 7) is 10.9. The largest absolute Gasteiger partial charge is 0.507 e. The highest BCUT2D eigenvalue weighted by atomic mass is 16.5. The van der Waals surface area contributed by atoms with Crippen molar-refractivity contribution < 1.29 is 14.6 Å². The molecule has 2 saturated heterocycles. The third-order valence-electron chi connectivity index (χ3n) is 8.11. The SMILES string of the molecule is C=CC(=O)N1CC2(CCN(c3nc4c(c(-c5c(O)ccc6ccccc56)c3C#N)COC(C)(C)C4)C2)C1. The third-order valence-corrected chi connectivity index (χ3v) is 8.11. The van der Waals surface area contributed by atoms with Crippen molar-refractivity contribution in [3.8, 4) is 22.9 Å². The number of phenols is 1. The van der Waals surface area contributed by atoms with Crippen LogP contribution >= 0.6 is 0 Å². The number of phenolic OH excluding ortho intramolecular Hbond substituents is 1. The summed E-state index contributed by atoms with van der Waals surface area (Å²) >= 11 is 0. The molecule has 2 fully saturated rings. The monoisotopic (exact) mass is 494 g/mol. The maximum atomic E-state index is 12.1. The van der Waals surface area contributed by atoms with Gasteiger partial charge in [-0.25, -0.2) is 4.98 Å². The van der Waals surface area contributed by atoms with Gasteiger partial charge in [-0.05, 0) is 43.2 Å². The lowest BCUT2D eigenvalue weighted by atomic mass is 9.79. The number of benzene rings is 2. The van der Waals surface area contributed by atoms with Crippen LogP contribution in [0, 0.1) is 16.7 Å². The van der Waals surface area contributed by atoms with E-state index in [0.717, 1.165) is 41.5 Å². The molecule has 1 aromatic heterocycles. The number of carbonyl (C=O) groups is 1. The van der Waals surface area contributed by atoms with Gasteiger partial charge in [0.05, 0.1) is 17.9 Å². The van der Waals surface area contributed by atoms with E-state index in [9.17, 15) is 15.2 Å². The Balaban J connectivity index is 1.51. The van der Waals surface area contributed by atoms with E-state index in [-0.39, 0.29) is 22.7 Å². The van der Waals surface area contributed by atoms with Crippen LogP contribution in [-0.2, 0) is 22.6 Å². The summed E-state index contributed by atoms with van der Waals surface area (Å²) < 4.78 is 6.19. The van der Waals surface area contributed by atoms with Gasteiger partial charge in [0.25, 0.3) is 0 Å². The molecular weight excluding hydrogens is 464 g/mol. The molecule has 7 heteroatoms. The second-order valence-corrected chi connectivity index (χ2v) is 11.2. The molecule has 1 spiro atoms. The maximum Gasteiger partial charge on any atom is 0.245 e. The minimum absolute atomic E-state index is 0.00705. The molecular formula is C30H30N4O3. The van der Waals surface area contributed by atoms with Crippen LogP contribution in [0.2, 0.25) is 0 Å². The van der Waals surface area contributed by atoms with Gasteiger partial charge in [-0.15, -0.1) is 0 Å². The normalized spacial score (nSPS) is 19.4. The Morgan fingerprint density at radius 3 is 2.73 bits per heavy atom. The number of rotatable bonds is 3. The number of pyridine rings is 1. The Bertz CT molecular complexity index is 1500. The first-order chi connectivity index (χ1) is 17.7. The Morgan fingerprint density at radius 2 is 1.97 bits per heavy atom. The average Bonchev–Trinajstić information content (AvgIpc) is 3.32. The Kier molecular flexibility index (Phi) is 5.29. The van der Waals surface area contributed by atoms with Crippen LogP contribution in [0.3, 0.4) is 0 Å². The number of amides is 1. The zero-order valence-corrected chi connectivity index (χ0v) is 21.3. The van der Waals surface area contributed by atoms with Gasteiger partial charge in [0.2, 0.25) is 5.91 Å². The highest BCUT2D eigenvalue weighted by Gasteiger charge is 2.49. The fraction of sp³-hybridized carbons (Fsp3) is 0.367. The molecule has 1 N–H and O–H groups in total. The predicted molar refractivity (Wildman–Crippen MR) is 142 cm³/mol. The first kappa shape index (κ1) is 23.5. The van der Waals surface area contributed by atoms with Crippen LogP contribution in [0.1, 0.15) is 37.1 Å². The molecule has 6 rings (SSSR count). The molecule has 7 nitrogen and oxygen atoms in total. The molecule has 1 amide bonds. The van der Waals surface area contributed by atoms with Crippen LogP contribution in [0.5, 0.6) is 5.75 Å². The molecule has 4 heterocycles. The quantitative estimate of drug-likeness (QED) is 0.537. The summed E-state index contributed by atoms with van der Waals surface area (Å²) in [6, 6.07) is 14.0. The number of carbonyl (C=O) groups excluding carboxylic acids is 1. The lowest BCUT2D eigenvalue weighted by Gasteiger charge is -2.47. The summed E-state index contributed by atoms with van der Waals surface area (Å²) in [6.07, 6.45) is 2.91. The van der Waals surface area contributed by atoms with Crippen LogP contribution < -0.4 is 4.90 Å². The minimum Gasteiger partial charge on any atom is -0.507 e. The van der Waals surface area contributed by atoms with Gasteiger partial charge < -0.3 is 19.6 Å². The van der Waals surface area contributed by atoms with E-state index in [2.05, 4.69) is 31.4 Å². The summed E-state index contributed by atoms with van der Waals surface area (Å²) in [5.74, 6) is 0.756. The fourth-order valence-corrected chi connectivity index (χ4v) is 6.24. The van der Waals surface area contributed by atoms with Crippen LogP contribution in [0.4, 0.5) is 5.82 Å². The number of hydrogen-bond acceptors (Lipinski definition) is 6. The molecule has 3 aromatic rings. The van der Waals surface area contributed by atoms with Crippen molar-refractivity contribution in [1.29, 1.82) is 5.26 Å². The average molecular weight is 495 g/mol. The molecule has 188 valence electrons. The smallest absolute Gasteiger partial charge is 0.245 e. The molecule has 0 aliphatic carbocycles. The molecule has 0 unspecified atom stereocenters. The fourth-order valence-electron chi connectivity index (χ4n) is 6.24. The van der Waals surface area contributed by atoms with E-state index >= 15 is 0 Å². The van der Waals surface area contributed by atoms with Crippen molar-refractivity contribution in [2.45, 2.75) is 38.9 Å². The molecule has 3 aliphatic rings. The van der Waals surface area contributed by atoms with Gasteiger partial charge in [0.1, 0.15) is 23.2 Å². The molecule has 0 saturated carbocycles. The van der Waals surface area contributed by atoms with E-state index in [4.69, 9.17) is 9.72 Å². The van der Waals surface area contributed by atoms with Crippen molar-refractivity contribution in [3.05, 3.63) is 65.9 Å². The predicted octanol–water partition coefficient (Wildman–Crippen LogP) is 4.56. The van der Waals surface area contributed by atoms with Gasteiger partial charge >= 0.3 is 0 Å². The molecule has 37 heavy (non-hydrogen) atoms. The number of ether oxygens (including phenoxy) is 1. The van der Waals surface area contributed by atoms with E-state index < -0.39 is 0 Å². The molecule has 0 radical (unpaired) electrons. The van der Waals surface area contributed by atoms with Crippen molar-refractivity contribution in [1.82, 2.24) is 9.88 Å². The van der Waals surface area contributed by atoms with Gasteiger partial charge in [0.15, 0.2) is 0 Å². The lowest BCUT2D eigenvalue weighted by Crippen LogP contribution is -2.59. The van der Waals surface area contributed by atoms with Crippen molar-refractivity contribution >= 4 is 22.5 Å². The van der Waals surface area contributed by atoms with Gasteiger partial charge in [-0.3, -0.25) is 4.79 Å². The van der Waals surface area contributed by atoms with Gasteiger partial charge in [-0.1, -0.05) is 36.9 Å². The van der Waals surface area contributed by atoms with Gasteiger partial charge in [-0.2, -0.15) is 5.26 Å². The van der Waals surface area contributed by atoms with Crippen molar-refractivity contribution in [3.63, 3.8) is 0 Å². The van der Waals surface area contributed by atoms with E-state index in [1.165, 1.54) is 6.08 Å². The summed E-state index contributed by atoms with van der Waals surface area (Å²) in [5, 5.41) is 23.6. The Hall–Kier alpha value is -3.89. The zero-order chi connectivity index (χ0) is 25.9. The second-order valence-electron chi connectivity index (χ2n) is 11.2. The van der Waals surface area contributed by atoms with E-state index in [1.54, 1.807) is 6.07 Å². The Labute approximate surface area is 216 Å². The number of fused-ring (bicyclic) bond motifs is 2.